The van der Waals surface area contributed by atoms with Crippen molar-refractivity contribution in [1.29, 1.82) is 0 Å². The summed E-state index contributed by atoms with van der Waals surface area (Å²) in [5.74, 6) is -4.94. The molecular weight excluding hydrogens is 695 g/mol. The van der Waals surface area contributed by atoms with Gasteiger partial charge in [0.1, 0.15) is 30.5 Å². The summed E-state index contributed by atoms with van der Waals surface area (Å²) >= 11 is 0. The summed E-state index contributed by atoms with van der Waals surface area (Å²) < 4.78 is 121. The molecule has 2 aromatic carbocycles. The van der Waals surface area contributed by atoms with E-state index in [9.17, 15) is 44.7 Å². The summed E-state index contributed by atoms with van der Waals surface area (Å²) in [6.07, 6.45) is -3.60. The van der Waals surface area contributed by atoms with Crippen molar-refractivity contribution in [2.45, 2.75) is 12.4 Å². The fourth-order valence-corrected chi connectivity index (χ4v) is 5.21. The molecule has 0 atom stereocenters. The van der Waals surface area contributed by atoms with Gasteiger partial charge in [-0.2, -0.15) is 26.3 Å². The predicted molar refractivity (Wildman–Crippen MR) is 166 cm³/mol. The molecule has 260 valence electrons. The Morgan fingerprint density at radius 1 is 0.588 bits per heavy atom. The number of nitrogens with zero attached hydrogens (tertiary/aromatic N) is 4. The first kappa shape index (κ1) is 34.7. The number of halogens is 9. The topological polar surface area (TPSA) is 110 Å². The van der Waals surface area contributed by atoms with Gasteiger partial charge in [-0.3, -0.25) is 29.5 Å². The summed E-state index contributed by atoms with van der Waals surface area (Å²) in [5, 5.41) is 3.69. The number of hydrogen-bond acceptors (Lipinski definition) is 6. The predicted octanol–water partition coefficient (Wildman–Crippen LogP) is 7.58. The van der Waals surface area contributed by atoms with E-state index < -0.39 is 54.7 Å². The molecule has 0 aliphatic heterocycles. The maximum Gasteiger partial charge on any atom is 0.405 e. The smallest absolute Gasteiger partial charge is 0.343 e. The van der Waals surface area contributed by atoms with E-state index in [1.165, 1.54) is 30.6 Å². The number of pyridine rings is 4. The standard InChI is InChI=1S/C34H19F9N6O2/c35-19-2-4-21(27(37)8-19)25-12-47-29(30-23(25)6-18(10-46-30)32(51)49-15-34(41,42)43)16-1-3-20(26(36)7-16)24-11-44-13-28-22(24)5-17(9-45-28)31(50)48-14-33(38,39)40/h1-13H,14-15H2,(H,48,50)(H,49,51). The highest BCUT2D eigenvalue weighted by Crippen LogP contribution is 2.37. The summed E-state index contributed by atoms with van der Waals surface area (Å²) in [5.41, 5.74) is -0.275. The Kier molecular flexibility index (Phi) is 9.05. The van der Waals surface area contributed by atoms with Crippen molar-refractivity contribution in [3.8, 4) is 33.5 Å². The van der Waals surface area contributed by atoms with Gasteiger partial charge in [0.2, 0.25) is 0 Å². The van der Waals surface area contributed by atoms with Crippen molar-refractivity contribution in [3.05, 3.63) is 108 Å². The minimum absolute atomic E-state index is 0.00529. The zero-order valence-electron chi connectivity index (χ0n) is 25.4. The van der Waals surface area contributed by atoms with E-state index >= 15 is 4.39 Å². The van der Waals surface area contributed by atoms with Crippen LogP contribution in [0.3, 0.4) is 0 Å². The van der Waals surface area contributed by atoms with E-state index in [0.29, 0.717) is 6.07 Å². The molecule has 17 heteroatoms. The lowest BCUT2D eigenvalue weighted by atomic mass is 9.96. The van der Waals surface area contributed by atoms with E-state index in [1.54, 1.807) is 10.6 Å². The molecule has 0 saturated heterocycles. The Bertz CT molecular complexity index is 2350. The van der Waals surface area contributed by atoms with Crippen molar-refractivity contribution < 1.29 is 49.1 Å². The van der Waals surface area contributed by atoms with Gasteiger partial charge in [-0.1, -0.05) is 12.1 Å². The second-order valence-corrected chi connectivity index (χ2v) is 11.0. The van der Waals surface area contributed by atoms with Crippen LogP contribution in [0.5, 0.6) is 0 Å². The van der Waals surface area contributed by atoms with Crippen molar-refractivity contribution in [2.75, 3.05) is 13.1 Å². The number of fused-ring (bicyclic) bond motifs is 2. The number of rotatable bonds is 7. The number of benzene rings is 2. The normalized spacial score (nSPS) is 11.9. The fourth-order valence-electron chi connectivity index (χ4n) is 5.21. The van der Waals surface area contributed by atoms with Crippen molar-refractivity contribution in [3.63, 3.8) is 0 Å². The van der Waals surface area contributed by atoms with Gasteiger partial charge in [-0.15, -0.1) is 0 Å². The van der Waals surface area contributed by atoms with E-state index in [0.717, 1.165) is 42.9 Å². The zero-order chi connectivity index (χ0) is 36.7. The SMILES string of the molecule is O=C(NCC(F)(F)F)c1cnc2cncc(-c3ccc(-c4ncc(-c5ccc(F)cc5F)c5cc(C(=O)NCC(F)(F)F)cnc45)cc3F)c2c1. The lowest BCUT2D eigenvalue weighted by Gasteiger charge is -2.14. The lowest BCUT2D eigenvalue weighted by molar-refractivity contribution is -0.123. The minimum atomic E-state index is -4.71. The van der Waals surface area contributed by atoms with E-state index in [4.69, 9.17) is 0 Å². The average molecular weight is 715 g/mol. The highest BCUT2D eigenvalue weighted by molar-refractivity contribution is 6.05. The van der Waals surface area contributed by atoms with Gasteiger partial charge in [-0.25, -0.2) is 13.2 Å². The van der Waals surface area contributed by atoms with Crippen molar-refractivity contribution in [1.82, 2.24) is 30.6 Å². The average Bonchev–Trinajstić information content (AvgIpc) is 3.08. The van der Waals surface area contributed by atoms with Crippen LogP contribution < -0.4 is 10.6 Å². The van der Waals surface area contributed by atoms with Crippen LogP contribution in [0.1, 0.15) is 20.7 Å². The third-order valence-corrected chi connectivity index (χ3v) is 7.51. The molecule has 8 nitrogen and oxygen atoms in total. The number of carbonyl (C=O) groups excluding carboxylic acids is 2. The molecule has 51 heavy (non-hydrogen) atoms. The molecule has 0 aliphatic carbocycles. The van der Waals surface area contributed by atoms with E-state index in [-0.39, 0.29) is 66.4 Å². The molecule has 2 amide bonds. The molecule has 0 spiro atoms. The van der Waals surface area contributed by atoms with E-state index in [1.807, 2.05) is 0 Å². The summed E-state index contributed by atoms with van der Waals surface area (Å²) in [7, 11) is 0. The summed E-state index contributed by atoms with van der Waals surface area (Å²) in [6.45, 7) is -3.21. The van der Waals surface area contributed by atoms with Crippen LogP contribution in [-0.4, -0.2) is 57.2 Å². The Morgan fingerprint density at radius 3 is 1.76 bits per heavy atom. The number of hydrogen-bond donors (Lipinski definition) is 2. The van der Waals surface area contributed by atoms with E-state index in [2.05, 4.69) is 19.9 Å². The zero-order valence-corrected chi connectivity index (χ0v) is 25.4. The maximum atomic E-state index is 15.9. The molecule has 2 N–H and O–H groups in total. The molecule has 6 aromatic rings. The van der Waals surface area contributed by atoms with Crippen LogP contribution in [0, 0.1) is 17.5 Å². The van der Waals surface area contributed by atoms with Crippen LogP contribution >= 0.6 is 0 Å². The van der Waals surface area contributed by atoms with Gasteiger partial charge in [0, 0.05) is 69.4 Å². The number of aromatic nitrogens is 4. The van der Waals surface area contributed by atoms with Crippen LogP contribution in [0.2, 0.25) is 0 Å². The molecule has 0 fully saturated rings. The lowest BCUT2D eigenvalue weighted by Crippen LogP contribution is -2.33. The van der Waals surface area contributed by atoms with Crippen LogP contribution in [0.25, 0.3) is 55.3 Å². The molecule has 4 aromatic heterocycles. The Labute approximate surface area is 280 Å². The third-order valence-electron chi connectivity index (χ3n) is 7.51. The maximum absolute atomic E-state index is 15.9. The van der Waals surface area contributed by atoms with Crippen molar-refractivity contribution >= 4 is 33.6 Å². The Morgan fingerprint density at radius 2 is 1.16 bits per heavy atom. The van der Waals surface area contributed by atoms with Crippen LogP contribution in [-0.2, 0) is 0 Å². The summed E-state index contributed by atoms with van der Waals surface area (Å²) in [4.78, 5) is 41.6. The largest absolute Gasteiger partial charge is 0.405 e. The van der Waals surface area contributed by atoms with Gasteiger partial charge in [-0.05, 0) is 30.3 Å². The number of carbonyl (C=O) groups is 2. The molecule has 0 bridgehead atoms. The number of nitrogens with one attached hydrogen (secondary N) is 2. The van der Waals surface area contributed by atoms with Crippen molar-refractivity contribution in [2.24, 2.45) is 0 Å². The summed E-state index contributed by atoms with van der Waals surface area (Å²) in [6, 6.07) is 8.89. The molecule has 4 heterocycles. The van der Waals surface area contributed by atoms with Gasteiger partial charge in [0.05, 0.1) is 34.1 Å². The monoisotopic (exact) mass is 714 g/mol. The number of amides is 2. The van der Waals surface area contributed by atoms with Crippen LogP contribution in [0.15, 0.2) is 79.5 Å². The highest BCUT2D eigenvalue weighted by Gasteiger charge is 2.29. The first-order valence-electron chi connectivity index (χ1n) is 14.6. The van der Waals surface area contributed by atoms with Gasteiger partial charge < -0.3 is 10.6 Å². The van der Waals surface area contributed by atoms with Gasteiger partial charge in [0.25, 0.3) is 11.8 Å². The molecule has 0 unspecified atom stereocenters. The second kappa shape index (κ2) is 13.3. The first-order chi connectivity index (χ1) is 24.1. The van der Waals surface area contributed by atoms with Gasteiger partial charge >= 0.3 is 12.4 Å². The fraction of sp³-hybridized carbons (Fsp3) is 0.118. The molecule has 0 saturated carbocycles. The van der Waals surface area contributed by atoms with Crippen LogP contribution in [0.4, 0.5) is 39.5 Å². The molecule has 0 radical (unpaired) electrons. The third kappa shape index (κ3) is 7.56. The second-order valence-electron chi connectivity index (χ2n) is 11.0. The quantitative estimate of drug-likeness (QED) is 0.165. The Balaban J connectivity index is 1.43. The first-order valence-corrected chi connectivity index (χ1v) is 14.6. The number of alkyl halides is 6. The molecular formula is C34H19F9N6O2. The highest BCUT2D eigenvalue weighted by atomic mass is 19.4. The molecule has 6 rings (SSSR count). The minimum Gasteiger partial charge on any atom is -0.343 e. The Hall–Kier alpha value is -6.13. The molecule has 0 aliphatic rings. The van der Waals surface area contributed by atoms with Gasteiger partial charge in [0.15, 0.2) is 0 Å².